The highest BCUT2D eigenvalue weighted by Crippen LogP contribution is 2.23. The number of amides is 1. The third kappa shape index (κ3) is 6.54. The Labute approximate surface area is 164 Å². The first kappa shape index (κ1) is 21.2. The van der Waals surface area contributed by atoms with Crippen LogP contribution in [-0.4, -0.2) is 30.5 Å². The summed E-state index contributed by atoms with van der Waals surface area (Å²) in [7, 11) is 0. The second-order valence-corrected chi connectivity index (χ2v) is 6.53. The molecule has 28 heavy (non-hydrogen) atoms. The molecule has 0 aliphatic rings. The minimum Gasteiger partial charge on any atom is -0.452 e. The van der Waals surface area contributed by atoms with Crippen LogP contribution in [0.1, 0.15) is 44.0 Å². The number of ether oxygens (including phenoxy) is 2. The highest BCUT2D eigenvalue weighted by atomic mass is 16.5. The monoisotopic (exact) mass is 383 g/mol. The van der Waals surface area contributed by atoms with Gasteiger partial charge in [0.25, 0.3) is 5.91 Å². The van der Waals surface area contributed by atoms with Gasteiger partial charge in [0, 0.05) is 13.0 Å². The Balaban J connectivity index is 1.91. The number of carbonyl (C=O) groups excluding carboxylic acids is 3. The highest BCUT2D eigenvalue weighted by Gasteiger charge is 2.12. The van der Waals surface area contributed by atoms with Crippen molar-refractivity contribution in [3.05, 3.63) is 54.1 Å². The van der Waals surface area contributed by atoms with E-state index in [1.54, 1.807) is 36.4 Å². The second kappa shape index (κ2) is 10.3. The molecule has 6 heteroatoms. The topological polar surface area (TPSA) is 81.7 Å². The molecule has 1 amide bonds. The van der Waals surface area contributed by atoms with Gasteiger partial charge in [0.2, 0.25) is 0 Å². The largest absolute Gasteiger partial charge is 0.452 e. The third-order valence-electron chi connectivity index (χ3n) is 4.03. The summed E-state index contributed by atoms with van der Waals surface area (Å²) in [6, 6.07) is 14.0. The SMILES string of the molecule is CCC[C@H](C)NC(=O)COC(=O)c1ccc(-c2ccc(OC(C)=O)cc2)cc1. The normalized spacial score (nSPS) is 11.4. The van der Waals surface area contributed by atoms with Gasteiger partial charge in [-0.15, -0.1) is 0 Å². The summed E-state index contributed by atoms with van der Waals surface area (Å²) >= 11 is 0. The molecule has 6 nitrogen and oxygen atoms in total. The number of nitrogens with one attached hydrogen (secondary N) is 1. The van der Waals surface area contributed by atoms with E-state index in [9.17, 15) is 14.4 Å². The molecular formula is C22H25NO5. The van der Waals surface area contributed by atoms with E-state index in [-0.39, 0.29) is 24.5 Å². The Bertz CT molecular complexity index is 812. The van der Waals surface area contributed by atoms with Crippen LogP contribution in [-0.2, 0) is 14.3 Å². The van der Waals surface area contributed by atoms with Crippen molar-refractivity contribution < 1.29 is 23.9 Å². The standard InChI is InChI=1S/C22H25NO5/c1-4-5-15(2)23-21(25)14-27-22(26)19-8-6-17(7-9-19)18-10-12-20(13-11-18)28-16(3)24/h6-13,15H,4-5,14H2,1-3H3,(H,23,25)/t15-/m0/s1. The molecule has 0 aliphatic heterocycles. The van der Waals surface area contributed by atoms with E-state index in [0.29, 0.717) is 11.3 Å². The Morgan fingerprint density at radius 1 is 0.964 bits per heavy atom. The summed E-state index contributed by atoms with van der Waals surface area (Å²) < 4.78 is 10.1. The van der Waals surface area contributed by atoms with Crippen molar-refractivity contribution in [3.8, 4) is 16.9 Å². The van der Waals surface area contributed by atoms with Gasteiger partial charge in [0.05, 0.1) is 5.56 Å². The smallest absolute Gasteiger partial charge is 0.338 e. The lowest BCUT2D eigenvalue weighted by atomic mass is 10.0. The molecule has 2 rings (SSSR count). The van der Waals surface area contributed by atoms with Crippen LogP contribution in [0.15, 0.2) is 48.5 Å². The van der Waals surface area contributed by atoms with Crippen molar-refractivity contribution >= 4 is 17.8 Å². The van der Waals surface area contributed by atoms with Crippen LogP contribution >= 0.6 is 0 Å². The van der Waals surface area contributed by atoms with Gasteiger partial charge in [0.15, 0.2) is 6.61 Å². The lowest BCUT2D eigenvalue weighted by molar-refractivity contribution is -0.131. The lowest BCUT2D eigenvalue weighted by Gasteiger charge is -2.12. The zero-order chi connectivity index (χ0) is 20.5. The molecule has 0 bridgehead atoms. The Morgan fingerprint density at radius 3 is 2.07 bits per heavy atom. The molecule has 0 heterocycles. The summed E-state index contributed by atoms with van der Waals surface area (Å²) in [5.41, 5.74) is 2.19. The summed E-state index contributed by atoms with van der Waals surface area (Å²) in [6.45, 7) is 5.01. The fraction of sp³-hybridized carbons (Fsp3) is 0.318. The van der Waals surface area contributed by atoms with E-state index >= 15 is 0 Å². The Hall–Kier alpha value is -3.15. The van der Waals surface area contributed by atoms with Gasteiger partial charge in [0.1, 0.15) is 5.75 Å². The van der Waals surface area contributed by atoms with Crippen LogP contribution in [0.3, 0.4) is 0 Å². The van der Waals surface area contributed by atoms with Crippen molar-refractivity contribution in [2.75, 3.05) is 6.61 Å². The number of esters is 2. The summed E-state index contributed by atoms with van der Waals surface area (Å²) in [4.78, 5) is 34.8. The number of hydrogen-bond donors (Lipinski definition) is 1. The van der Waals surface area contributed by atoms with Gasteiger partial charge < -0.3 is 14.8 Å². The van der Waals surface area contributed by atoms with Crippen molar-refractivity contribution in [2.24, 2.45) is 0 Å². The van der Waals surface area contributed by atoms with E-state index in [1.165, 1.54) is 6.92 Å². The minimum atomic E-state index is -0.546. The zero-order valence-electron chi connectivity index (χ0n) is 16.4. The molecule has 0 aromatic heterocycles. The highest BCUT2D eigenvalue weighted by molar-refractivity contribution is 5.91. The summed E-state index contributed by atoms with van der Waals surface area (Å²) in [6.07, 6.45) is 1.85. The molecule has 0 saturated heterocycles. The van der Waals surface area contributed by atoms with Crippen LogP contribution in [0.25, 0.3) is 11.1 Å². The van der Waals surface area contributed by atoms with Gasteiger partial charge in [-0.1, -0.05) is 37.6 Å². The number of hydrogen-bond acceptors (Lipinski definition) is 5. The van der Waals surface area contributed by atoms with Crippen LogP contribution < -0.4 is 10.1 Å². The molecule has 2 aromatic carbocycles. The molecule has 0 aliphatic carbocycles. The first-order valence-corrected chi connectivity index (χ1v) is 9.24. The number of rotatable bonds is 8. The van der Waals surface area contributed by atoms with E-state index in [4.69, 9.17) is 9.47 Å². The van der Waals surface area contributed by atoms with Gasteiger partial charge in [-0.05, 0) is 48.7 Å². The lowest BCUT2D eigenvalue weighted by Crippen LogP contribution is -2.35. The van der Waals surface area contributed by atoms with Gasteiger partial charge in [-0.2, -0.15) is 0 Å². The van der Waals surface area contributed by atoms with Crippen LogP contribution in [0, 0.1) is 0 Å². The maximum absolute atomic E-state index is 12.1. The van der Waals surface area contributed by atoms with Gasteiger partial charge >= 0.3 is 11.9 Å². The molecule has 1 atom stereocenters. The van der Waals surface area contributed by atoms with E-state index in [0.717, 1.165) is 24.0 Å². The molecular weight excluding hydrogens is 358 g/mol. The van der Waals surface area contributed by atoms with Gasteiger partial charge in [-0.25, -0.2) is 4.79 Å². The van der Waals surface area contributed by atoms with E-state index < -0.39 is 5.97 Å². The van der Waals surface area contributed by atoms with E-state index in [2.05, 4.69) is 5.32 Å². The summed E-state index contributed by atoms with van der Waals surface area (Å²) in [5.74, 6) is -0.749. The third-order valence-corrected chi connectivity index (χ3v) is 4.03. The predicted molar refractivity (Wildman–Crippen MR) is 106 cm³/mol. The molecule has 0 spiro atoms. The number of carbonyl (C=O) groups is 3. The molecule has 148 valence electrons. The number of benzene rings is 2. The van der Waals surface area contributed by atoms with Crippen molar-refractivity contribution in [1.82, 2.24) is 5.32 Å². The first-order valence-electron chi connectivity index (χ1n) is 9.24. The average molecular weight is 383 g/mol. The molecule has 2 aromatic rings. The fourth-order valence-electron chi connectivity index (χ4n) is 2.72. The van der Waals surface area contributed by atoms with Crippen molar-refractivity contribution in [2.45, 2.75) is 39.7 Å². The second-order valence-electron chi connectivity index (χ2n) is 6.53. The van der Waals surface area contributed by atoms with Crippen molar-refractivity contribution in [3.63, 3.8) is 0 Å². The quantitative estimate of drug-likeness (QED) is 0.555. The summed E-state index contributed by atoms with van der Waals surface area (Å²) in [5, 5.41) is 2.79. The predicted octanol–water partition coefficient (Wildman–Crippen LogP) is 3.74. The first-order chi connectivity index (χ1) is 13.4. The van der Waals surface area contributed by atoms with Crippen molar-refractivity contribution in [1.29, 1.82) is 0 Å². The molecule has 0 fully saturated rings. The van der Waals surface area contributed by atoms with Crippen LogP contribution in [0.5, 0.6) is 5.75 Å². The Morgan fingerprint density at radius 2 is 1.54 bits per heavy atom. The molecule has 1 N–H and O–H groups in total. The maximum Gasteiger partial charge on any atom is 0.338 e. The zero-order valence-corrected chi connectivity index (χ0v) is 16.4. The Kier molecular flexibility index (Phi) is 7.75. The fourth-order valence-corrected chi connectivity index (χ4v) is 2.72. The van der Waals surface area contributed by atoms with Gasteiger partial charge in [-0.3, -0.25) is 9.59 Å². The van der Waals surface area contributed by atoms with Crippen LogP contribution in [0.4, 0.5) is 0 Å². The van der Waals surface area contributed by atoms with E-state index in [1.807, 2.05) is 26.0 Å². The molecule has 0 unspecified atom stereocenters. The minimum absolute atomic E-state index is 0.0581. The molecule has 0 saturated carbocycles. The van der Waals surface area contributed by atoms with Crippen LogP contribution in [0.2, 0.25) is 0 Å². The molecule has 0 radical (unpaired) electrons. The maximum atomic E-state index is 12.1. The average Bonchev–Trinajstić information content (AvgIpc) is 2.66.